The molecule has 1 aromatic rings. The van der Waals surface area contributed by atoms with Gasteiger partial charge in [-0.15, -0.1) is 0 Å². The summed E-state index contributed by atoms with van der Waals surface area (Å²) >= 11 is 0. The van der Waals surface area contributed by atoms with Crippen LogP contribution in [-0.4, -0.2) is 38.6 Å². The smallest absolute Gasteiger partial charge is 0.368 e. The third kappa shape index (κ3) is 2.70. The molecule has 0 radical (unpaired) electrons. The van der Waals surface area contributed by atoms with Gasteiger partial charge < -0.3 is 5.11 Å². The monoisotopic (exact) mass is 315 g/mol. The Labute approximate surface area is 125 Å². The highest BCUT2D eigenvalue weighted by molar-refractivity contribution is 5.99. The van der Waals surface area contributed by atoms with Crippen molar-refractivity contribution in [2.24, 2.45) is 10.5 Å². The molecule has 5 nitrogen and oxygen atoms in total. The number of nitrogens with zero attached hydrogens (tertiary/aromatic N) is 3. The zero-order chi connectivity index (χ0) is 16.8. The number of aliphatic hydroxyl groups is 1. The first-order valence-electron chi connectivity index (χ1n) is 6.58. The number of rotatable bonds is 1. The second-order valence-electron chi connectivity index (χ2n) is 6.15. The lowest BCUT2D eigenvalue weighted by Gasteiger charge is -2.41. The minimum absolute atomic E-state index is 0.0531. The Hall–Kier alpha value is -1.96. The van der Waals surface area contributed by atoms with E-state index in [0.29, 0.717) is 5.01 Å². The first-order valence-corrected chi connectivity index (χ1v) is 6.58. The molecule has 22 heavy (non-hydrogen) atoms. The lowest BCUT2D eigenvalue weighted by atomic mass is 9.80. The van der Waals surface area contributed by atoms with Gasteiger partial charge >= 0.3 is 6.18 Å². The van der Waals surface area contributed by atoms with Gasteiger partial charge in [0.15, 0.2) is 5.72 Å². The van der Waals surface area contributed by atoms with Crippen LogP contribution in [0.25, 0.3) is 0 Å². The quantitative estimate of drug-likeness (QED) is 0.866. The number of pyridine rings is 1. The molecular formula is C14H16F3N3O2. The third-order valence-corrected chi connectivity index (χ3v) is 3.61. The molecule has 0 aromatic carbocycles. The molecule has 2 heterocycles. The molecule has 1 aliphatic heterocycles. The Bertz CT molecular complexity index is 608. The molecule has 0 bridgehead atoms. The van der Waals surface area contributed by atoms with Gasteiger partial charge in [-0.3, -0.25) is 9.78 Å². The van der Waals surface area contributed by atoms with Crippen molar-refractivity contribution in [2.45, 2.75) is 39.1 Å². The SMILES string of the molecule is CC(C)(C)[C@]1(O)CC(C(F)(F)F)=NN1C(=O)c1cccnc1. The molecule has 0 fully saturated rings. The van der Waals surface area contributed by atoms with E-state index in [1.54, 1.807) is 20.8 Å². The Balaban J connectivity index is 2.48. The first-order chi connectivity index (χ1) is 9.97. The molecule has 1 aromatic heterocycles. The van der Waals surface area contributed by atoms with Crippen molar-refractivity contribution in [3.05, 3.63) is 30.1 Å². The average Bonchev–Trinajstić information content (AvgIpc) is 2.78. The predicted molar refractivity (Wildman–Crippen MR) is 72.9 cm³/mol. The number of carbonyl (C=O) groups excluding carboxylic acids is 1. The maximum Gasteiger partial charge on any atom is 0.431 e. The zero-order valence-electron chi connectivity index (χ0n) is 12.3. The number of halogens is 3. The van der Waals surface area contributed by atoms with E-state index in [-0.39, 0.29) is 5.56 Å². The summed E-state index contributed by atoms with van der Waals surface area (Å²) in [4.78, 5) is 16.2. The van der Waals surface area contributed by atoms with Crippen LogP contribution >= 0.6 is 0 Å². The van der Waals surface area contributed by atoms with E-state index in [1.807, 2.05) is 0 Å². The van der Waals surface area contributed by atoms with Gasteiger partial charge in [-0.2, -0.15) is 23.3 Å². The number of carbonyl (C=O) groups is 1. The molecule has 0 spiro atoms. The number of amides is 1. The molecule has 0 saturated carbocycles. The third-order valence-electron chi connectivity index (χ3n) is 3.61. The van der Waals surface area contributed by atoms with E-state index < -0.39 is 35.4 Å². The lowest BCUT2D eigenvalue weighted by Crippen LogP contribution is -2.55. The summed E-state index contributed by atoms with van der Waals surface area (Å²) in [7, 11) is 0. The van der Waals surface area contributed by atoms with Gasteiger partial charge in [0.25, 0.3) is 5.91 Å². The van der Waals surface area contributed by atoms with Gasteiger partial charge in [0.1, 0.15) is 5.71 Å². The van der Waals surface area contributed by atoms with Crippen LogP contribution in [0.15, 0.2) is 29.6 Å². The molecule has 120 valence electrons. The zero-order valence-corrected chi connectivity index (χ0v) is 12.3. The molecule has 1 amide bonds. The summed E-state index contributed by atoms with van der Waals surface area (Å²) in [5, 5.41) is 14.6. The van der Waals surface area contributed by atoms with E-state index in [0.717, 1.165) is 0 Å². The number of hydrazone groups is 1. The van der Waals surface area contributed by atoms with Crippen molar-refractivity contribution in [3.8, 4) is 0 Å². The summed E-state index contributed by atoms with van der Waals surface area (Å²) in [6.45, 7) is 4.64. The molecule has 8 heteroatoms. The normalized spacial score (nSPS) is 22.7. The molecule has 1 aliphatic rings. The van der Waals surface area contributed by atoms with Crippen molar-refractivity contribution >= 4 is 11.6 Å². The Kier molecular flexibility index (Phi) is 3.76. The van der Waals surface area contributed by atoms with Gasteiger partial charge in [-0.1, -0.05) is 20.8 Å². The van der Waals surface area contributed by atoms with Gasteiger partial charge in [0, 0.05) is 24.2 Å². The molecule has 0 unspecified atom stereocenters. The summed E-state index contributed by atoms with van der Waals surface area (Å²) in [5.41, 5.74) is -4.22. The van der Waals surface area contributed by atoms with Gasteiger partial charge in [0.2, 0.25) is 0 Å². The molecule has 2 rings (SSSR count). The van der Waals surface area contributed by atoms with E-state index in [2.05, 4.69) is 10.1 Å². The minimum Gasteiger partial charge on any atom is -0.368 e. The predicted octanol–water partition coefficient (Wildman–Crippen LogP) is 2.58. The number of aromatic nitrogens is 1. The van der Waals surface area contributed by atoms with Crippen molar-refractivity contribution in [1.29, 1.82) is 0 Å². The number of alkyl halides is 3. The highest BCUT2D eigenvalue weighted by atomic mass is 19.4. The average molecular weight is 315 g/mol. The van der Waals surface area contributed by atoms with Crippen molar-refractivity contribution in [1.82, 2.24) is 9.99 Å². The van der Waals surface area contributed by atoms with Crippen LogP contribution < -0.4 is 0 Å². The highest BCUT2D eigenvalue weighted by Gasteiger charge is 2.57. The molecule has 1 atom stereocenters. The van der Waals surface area contributed by atoms with Gasteiger partial charge in [-0.25, -0.2) is 0 Å². The second kappa shape index (κ2) is 5.05. The topological polar surface area (TPSA) is 65.8 Å². The first kappa shape index (κ1) is 16.4. The molecular weight excluding hydrogens is 299 g/mol. The largest absolute Gasteiger partial charge is 0.431 e. The van der Waals surface area contributed by atoms with Crippen molar-refractivity contribution < 1.29 is 23.1 Å². The summed E-state index contributed by atoms with van der Waals surface area (Å²) < 4.78 is 38.8. The standard InChI is InChI=1S/C14H16F3N3O2/c1-12(2,3)13(22)7-10(14(15,16)17)19-20(13)11(21)9-5-4-6-18-8-9/h4-6,8,22H,7H2,1-3H3/t13-/m1/s1. The van der Waals surface area contributed by atoms with E-state index in [1.165, 1.54) is 24.5 Å². The van der Waals surface area contributed by atoms with Crippen LogP contribution in [0, 0.1) is 5.41 Å². The molecule has 1 N–H and O–H groups in total. The Morgan fingerprint density at radius 1 is 1.36 bits per heavy atom. The maximum absolute atomic E-state index is 12.9. The van der Waals surface area contributed by atoms with Crippen LogP contribution in [-0.2, 0) is 0 Å². The highest BCUT2D eigenvalue weighted by Crippen LogP contribution is 2.43. The Morgan fingerprint density at radius 2 is 2.00 bits per heavy atom. The van der Waals surface area contributed by atoms with Gasteiger partial charge in [-0.05, 0) is 12.1 Å². The summed E-state index contributed by atoms with van der Waals surface area (Å²) in [5.74, 6) is -0.829. The molecule has 0 saturated heterocycles. The fraction of sp³-hybridized carbons (Fsp3) is 0.500. The van der Waals surface area contributed by atoms with Crippen molar-refractivity contribution in [2.75, 3.05) is 0 Å². The minimum atomic E-state index is -4.71. The lowest BCUT2D eigenvalue weighted by molar-refractivity contribution is -0.144. The van der Waals surface area contributed by atoms with Crippen LogP contribution in [0.5, 0.6) is 0 Å². The van der Waals surface area contributed by atoms with Gasteiger partial charge in [0.05, 0.1) is 5.56 Å². The fourth-order valence-electron chi connectivity index (χ4n) is 2.11. The fourth-order valence-corrected chi connectivity index (χ4v) is 2.11. The van der Waals surface area contributed by atoms with Crippen molar-refractivity contribution in [3.63, 3.8) is 0 Å². The Morgan fingerprint density at radius 3 is 2.45 bits per heavy atom. The van der Waals surface area contributed by atoms with Crippen LogP contribution in [0.4, 0.5) is 13.2 Å². The van der Waals surface area contributed by atoms with Crippen LogP contribution in [0.3, 0.4) is 0 Å². The second-order valence-corrected chi connectivity index (χ2v) is 6.15. The number of hydrogen-bond donors (Lipinski definition) is 1. The summed E-state index contributed by atoms with van der Waals surface area (Å²) in [6, 6.07) is 2.88. The van der Waals surface area contributed by atoms with E-state index in [4.69, 9.17) is 0 Å². The van der Waals surface area contributed by atoms with E-state index >= 15 is 0 Å². The van der Waals surface area contributed by atoms with E-state index in [9.17, 15) is 23.1 Å². The molecule has 0 aliphatic carbocycles. The maximum atomic E-state index is 12.9. The number of hydrogen-bond acceptors (Lipinski definition) is 4. The van der Waals surface area contributed by atoms with Crippen LogP contribution in [0.1, 0.15) is 37.6 Å². The summed E-state index contributed by atoms with van der Waals surface area (Å²) in [6.07, 6.45) is -2.83. The van der Waals surface area contributed by atoms with Crippen LogP contribution in [0.2, 0.25) is 0 Å².